The summed E-state index contributed by atoms with van der Waals surface area (Å²) in [6.07, 6.45) is 7.36. The molecule has 0 radical (unpaired) electrons. The molecule has 0 aliphatic heterocycles. The Morgan fingerprint density at radius 1 is 0.250 bits per heavy atom. The Labute approximate surface area is 412 Å². The second kappa shape index (κ2) is 14.9. The van der Waals surface area contributed by atoms with E-state index in [1.54, 1.807) is 0 Å². The van der Waals surface area contributed by atoms with Gasteiger partial charge in [-0.25, -0.2) is 9.97 Å². The first-order chi connectivity index (χ1) is 35.7. The van der Waals surface area contributed by atoms with Crippen LogP contribution in [0.25, 0.3) is 154 Å². The molecule has 0 spiro atoms. The average Bonchev–Trinajstić information content (AvgIpc) is 4.19. The molecule has 16 rings (SSSR count). The second-order valence-electron chi connectivity index (χ2n) is 19.0. The minimum absolute atomic E-state index is 0.794. The van der Waals surface area contributed by atoms with Crippen LogP contribution in [0.3, 0.4) is 0 Å². The maximum absolute atomic E-state index is 5.92. The number of hydrogen-bond donors (Lipinski definition) is 0. The van der Waals surface area contributed by atoms with Gasteiger partial charge in [-0.15, -0.1) is 0 Å². The smallest absolute Gasteiger partial charge is 0.100 e. The Balaban J connectivity index is 1.18. The summed E-state index contributed by atoms with van der Waals surface area (Å²) >= 11 is 0. The lowest BCUT2D eigenvalue weighted by Crippen LogP contribution is -1.98. The molecule has 332 valence electrons. The van der Waals surface area contributed by atoms with Gasteiger partial charge in [-0.1, -0.05) is 133 Å². The van der Waals surface area contributed by atoms with E-state index in [4.69, 9.17) is 9.97 Å². The quantitative estimate of drug-likeness (QED) is 0.167. The van der Waals surface area contributed by atoms with Gasteiger partial charge in [-0.05, 0) is 117 Å². The SMILES string of the molecule is c1ccc(-c2ccc3c(c2)c2cc(-c4ccccc4)cc4c5c6nc(-c7ccncc7)c(-c7ccncc7)nc6c6c7cc(-c8ccccc8)cc8c9cc(-c%10ccccc%10)ccc9n(c87)c6c5n3c24)cc1. The van der Waals surface area contributed by atoms with E-state index in [-0.39, 0.29) is 0 Å². The molecular weight excluding hydrogens is 877 g/mol. The average molecular weight is 915 g/mol. The van der Waals surface area contributed by atoms with Crippen molar-refractivity contribution in [1.82, 2.24) is 28.7 Å². The first-order valence-electron chi connectivity index (χ1n) is 24.4. The van der Waals surface area contributed by atoms with E-state index in [9.17, 15) is 0 Å². The number of fused-ring (bicyclic) bond motifs is 16. The fourth-order valence-electron chi connectivity index (χ4n) is 12.0. The molecule has 0 fully saturated rings. The fourth-order valence-corrected chi connectivity index (χ4v) is 12.0. The number of hydrogen-bond acceptors (Lipinski definition) is 4. The van der Waals surface area contributed by atoms with Gasteiger partial charge < -0.3 is 8.80 Å². The maximum Gasteiger partial charge on any atom is 0.100 e. The molecule has 72 heavy (non-hydrogen) atoms. The zero-order valence-corrected chi connectivity index (χ0v) is 38.6. The van der Waals surface area contributed by atoms with Crippen LogP contribution in [0, 0.1) is 0 Å². The zero-order chi connectivity index (χ0) is 47.0. The molecule has 0 unspecified atom stereocenters. The minimum atomic E-state index is 0.794. The van der Waals surface area contributed by atoms with E-state index >= 15 is 0 Å². The maximum atomic E-state index is 5.92. The van der Waals surface area contributed by atoms with Crippen LogP contribution < -0.4 is 0 Å². The summed E-state index contributed by atoms with van der Waals surface area (Å²) in [7, 11) is 0. The predicted octanol–water partition coefficient (Wildman–Crippen LogP) is 16.7. The van der Waals surface area contributed by atoms with Gasteiger partial charge in [-0.2, -0.15) is 0 Å². The monoisotopic (exact) mass is 914 g/mol. The lowest BCUT2D eigenvalue weighted by molar-refractivity contribution is 1.26. The Morgan fingerprint density at radius 2 is 0.583 bits per heavy atom. The molecule has 16 aromatic rings. The van der Waals surface area contributed by atoms with Crippen LogP contribution in [0.1, 0.15) is 0 Å². The highest BCUT2D eigenvalue weighted by atomic mass is 15.0. The van der Waals surface area contributed by atoms with E-state index in [2.05, 4.69) is 201 Å². The van der Waals surface area contributed by atoms with Gasteiger partial charge in [0.2, 0.25) is 0 Å². The van der Waals surface area contributed by atoms with Gasteiger partial charge in [0.05, 0.1) is 44.5 Å². The molecule has 6 nitrogen and oxygen atoms in total. The Morgan fingerprint density at radius 3 is 0.958 bits per heavy atom. The molecule has 0 aliphatic rings. The number of benzene rings is 9. The second-order valence-corrected chi connectivity index (χ2v) is 19.0. The molecule has 7 aromatic heterocycles. The van der Waals surface area contributed by atoms with Crippen LogP contribution in [0.4, 0.5) is 0 Å². The van der Waals surface area contributed by atoms with Gasteiger partial charge in [0.25, 0.3) is 0 Å². The third kappa shape index (κ3) is 5.49. The first kappa shape index (κ1) is 39.1. The zero-order valence-electron chi connectivity index (χ0n) is 38.6. The number of rotatable bonds is 6. The van der Waals surface area contributed by atoms with Gasteiger partial charge in [-0.3, -0.25) is 9.97 Å². The molecule has 9 aromatic carbocycles. The lowest BCUT2D eigenvalue weighted by atomic mass is 9.95. The molecule has 0 aliphatic carbocycles. The summed E-state index contributed by atoms with van der Waals surface area (Å²) in [5, 5.41) is 9.24. The van der Waals surface area contributed by atoms with Crippen LogP contribution in [0.2, 0.25) is 0 Å². The largest absolute Gasteiger partial charge is 0.306 e. The van der Waals surface area contributed by atoms with Crippen LogP contribution in [0.5, 0.6) is 0 Å². The van der Waals surface area contributed by atoms with E-state index in [0.717, 1.165) is 99.4 Å². The van der Waals surface area contributed by atoms with Gasteiger partial charge in [0.1, 0.15) is 11.0 Å². The topological polar surface area (TPSA) is 60.4 Å². The van der Waals surface area contributed by atoms with Gasteiger partial charge in [0.15, 0.2) is 0 Å². The molecule has 0 bridgehead atoms. The standard InChI is InChI=1S/C66H38N6/c1-5-13-39(14-6-1)45-21-23-55-49(33-45)51-35-47(41-17-9-3-10-18-41)37-53-57-61-62(70-60(44-27-31-68-32-28-44)59(69-61)43-25-29-67-30-26-43)58-54-38-48(42-19-11-4-12-20-42)36-52-50-34-46(40-15-7-2-8-16-40)22-24-56(50)72(64(52)54)66(58)65(57)71(55)63(51)53/h1-38H. The lowest BCUT2D eigenvalue weighted by Gasteiger charge is -2.14. The molecule has 0 saturated heterocycles. The van der Waals surface area contributed by atoms with Crippen molar-refractivity contribution in [3.63, 3.8) is 0 Å². The van der Waals surface area contributed by atoms with Gasteiger partial charge >= 0.3 is 0 Å². The minimum Gasteiger partial charge on any atom is -0.306 e. The van der Waals surface area contributed by atoms with Crippen molar-refractivity contribution in [1.29, 1.82) is 0 Å². The summed E-state index contributed by atoms with van der Waals surface area (Å²) < 4.78 is 5.11. The molecule has 0 saturated carbocycles. The Bertz CT molecular complexity index is 4490. The molecular formula is C66H38N6. The van der Waals surface area contributed by atoms with E-state index in [1.165, 1.54) is 54.8 Å². The van der Waals surface area contributed by atoms with Crippen molar-refractivity contribution >= 4 is 87.2 Å². The number of aromatic nitrogens is 6. The van der Waals surface area contributed by atoms with Crippen LogP contribution in [-0.4, -0.2) is 28.7 Å². The Hall–Kier alpha value is -9.78. The van der Waals surface area contributed by atoms with Crippen molar-refractivity contribution in [2.45, 2.75) is 0 Å². The van der Waals surface area contributed by atoms with Crippen molar-refractivity contribution in [2.75, 3.05) is 0 Å². The summed E-state index contributed by atoms with van der Waals surface area (Å²) in [5.74, 6) is 0. The highest BCUT2D eigenvalue weighted by molar-refractivity contribution is 6.40. The van der Waals surface area contributed by atoms with Crippen molar-refractivity contribution in [3.05, 3.63) is 231 Å². The van der Waals surface area contributed by atoms with Crippen LogP contribution in [0.15, 0.2) is 231 Å². The number of pyridine rings is 2. The van der Waals surface area contributed by atoms with Crippen molar-refractivity contribution < 1.29 is 0 Å². The third-order valence-electron chi connectivity index (χ3n) is 15.1. The fraction of sp³-hybridized carbons (Fsp3) is 0. The molecule has 7 heterocycles. The van der Waals surface area contributed by atoms with E-state index < -0.39 is 0 Å². The van der Waals surface area contributed by atoms with E-state index in [1.807, 2.05) is 49.1 Å². The highest BCUT2D eigenvalue weighted by Crippen LogP contribution is 2.52. The molecule has 0 atom stereocenters. The molecule has 0 amide bonds. The Kier molecular flexibility index (Phi) is 8.07. The van der Waals surface area contributed by atoms with Crippen molar-refractivity contribution in [2.24, 2.45) is 0 Å². The highest BCUT2D eigenvalue weighted by Gasteiger charge is 2.31. The summed E-state index contributed by atoms with van der Waals surface area (Å²) in [5.41, 5.74) is 21.4. The predicted molar refractivity (Wildman–Crippen MR) is 297 cm³/mol. The summed E-state index contributed by atoms with van der Waals surface area (Å²) in [6, 6.07) is 74.8. The third-order valence-corrected chi connectivity index (χ3v) is 15.1. The van der Waals surface area contributed by atoms with Crippen LogP contribution in [-0.2, 0) is 0 Å². The van der Waals surface area contributed by atoms with Crippen molar-refractivity contribution in [3.8, 4) is 67.0 Å². The molecule has 6 heteroatoms. The van der Waals surface area contributed by atoms with Crippen LogP contribution >= 0.6 is 0 Å². The first-order valence-corrected chi connectivity index (χ1v) is 24.4. The molecule has 0 N–H and O–H groups in total. The number of nitrogens with zero attached hydrogens (tertiary/aromatic N) is 6. The van der Waals surface area contributed by atoms with Gasteiger partial charge in [0, 0.05) is 79.0 Å². The normalized spacial score (nSPS) is 12.2. The van der Waals surface area contributed by atoms with E-state index in [0.29, 0.717) is 0 Å². The summed E-state index contributed by atoms with van der Waals surface area (Å²) in [6.45, 7) is 0. The summed E-state index contributed by atoms with van der Waals surface area (Å²) in [4.78, 5) is 20.7.